The topological polar surface area (TPSA) is 64.3 Å². The van der Waals surface area contributed by atoms with Crippen molar-refractivity contribution in [1.82, 2.24) is 9.55 Å². The summed E-state index contributed by atoms with van der Waals surface area (Å²) in [5.41, 5.74) is 0. The summed E-state index contributed by atoms with van der Waals surface area (Å²) in [5, 5.41) is 8.19. The predicted molar refractivity (Wildman–Crippen MR) is 35.8 cm³/mol. The van der Waals surface area contributed by atoms with Gasteiger partial charge in [-0.3, -0.25) is 0 Å². The lowest BCUT2D eigenvalue weighted by atomic mass is 10.7. The van der Waals surface area contributed by atoms with Crippen LogP contribution < -0.4 is 0 Å². The average molecular weight is 156 g/mol. The summed E-state index contributed by atoms with van der Waals surface area (Å²) in [4.78, 5) is 13.7. The normalized spacial score (nSPS) is 9.82. The molecule has 0 saturated heterocycles. The van der Waals surface area contributed by atoms with E-state index < -0.39 is 5.97 Å². The maximum absolute atomic E-state index is 9.98. The Morgan fingerprint density at radius 1 is 1.73 bits per heavy atom. The summed E-state index contributed by atoms with van der Waals surface area (Å²) in [6, 6.07) is 0. The summed E-state index contributed by atoms with van der Waals surface area (Å²) in [5.74, 6) is -0.967. The first-order valence-electron chi connectivity index (χ1n) is 3.04. The molecule has 1 aromatic heterocycles. The van der Waals surface area contributed by atoms with E-state index in [0.29, 0.717) is 0 Å². The Morgan fingerprint density at radius 2 is 2.55 bits per heavy atom. The van der Waals surface area contributed by atoms with Crippen LogP contribution in [0.2, 0.25) is 0 Å². The van der Waals surface area contributed by atoms with Crippen LogP contribution in [-0.2, 0) is 16.3 Å². The summed E-state index contributed by atoms with van der Waals surface area (Å²) in [6.07, 6.45) is 4.85. The maximum atomic E-state index is 9.98. The largest absolute Gasteiger partial charge is 0.480 e. The molecule has 1 rings (SSSR count). The van der Waals surface area contributed by atoms with E-state index in [1.165, 1.54) is 0 Å². The van der Waals surface area contributed by atoms with Crippen LogP contribution in [0, 0.1) is 0 Å². The number of carbonyl (C=O) groups is 1. The van der Waals surface area contributed by atoms with Gasteiger partial charge in [0, 0.05) is 12.4 Å². The minimum absolute atomic E-state index is 0.228. The molecule has 1 heterocycles. The van der Waals surface area contributed by atoms with Crippen molar-refractivity contribution in [3.8, 4) is 0 Å². The molecule has 0 radical (unpaired) electrons. The third kappa shape index (κ3) is 2.81. The average Bonchev–Trinajstić information content (AvgIpc) is 2.39. The molecule has 1 N–H and O–H groups in total. The molecular formula is C6H8N2O3. The van der Waals surface area contributed by atoms with E-state index in [4.69, 9.17) is 9.84 Å². The van der Waals surface area contributed by atoms with E-state index >= 15 is 0 Å². The van der Waals surface area contributed by atoms with Gasteiger partial charge in [-0.05, 0) is 0 Å². The zero-order chi connectivity index (χ0) is 8.10. The lowest BCUT2D eigenvalue weighted by molar-refractivity contribution is -0.143. The second-order valence-corrected chi connectivity index (χ2v) is 1.95. The minimum atomic E-state index is -0.967. The standard InChI is InChI=1S/C6H8N2O3/c9-6(10)3-11-5-8-2-1-7-4-8/h1-2,4H,3,5H2,(H,9,10). The molecular weight excluding hydrogens is 148 g/mol. The second kappa shape index (κ2) is 3.72. The third-order valence-electron chi connectivity index (χ3n) is 1.03. The Labute approximate surface area is 63.2 Å². The van der Waals surface area contributed by atoms with Crippen LogP contribution in [0.4, 0.5) is 0 Å². The van der Waals surface area contributed by atoms with Crippen LogP contribution in [-0.4, -0.2) is 27.2 Å². The van der Waals surface area contributed by atoms with E-state index in [1.54, 1.807) is 23.3 Å². The molecule has 11 heavy (non-hydrogen) atoms. The molecule has 0 unspecified atom stereocenters. The highest BCUT2D eigenvalue weighted by Gasteiger charge is 1.95. The van der Waals surface area contributed by atoms with Crippen LogP contribution in [0.1, 0.15) is 0 Å². The van der Waals surface area contributed by atoms with Crippen LogP contribution >= 0.6 is 0 Å². The highest BCUT2D eigenvalue weighted by Crippen LogP contribution is 1.86. The van der Waals surface area contributed by atoms with E-state index in [1.807, 2.05) is 0 Å². The smallest absolute Gasteiger partial charge is 0.329 e. The lowest BCUT2D eigenvalue weighted by Crippen LogP contribution is -2.09. The number of rotatable bonds is 4. The Kier molecular flexibility index (Phi) is 2.62. The highest BCUT2D eigenvalue weighted by atomic mass is 16.5. The van der Waals surface area contributed by atoms with E-state index in [2.05, 4.69) is 4.98 Å². The van der Waals surface area contributed by atoms with Crippen molar-refractivity contribution < 1.29 is 14.6 Å². The van der Waals surface area contributed by atoms with Crippen molar-refractivity contribution in [1.29, 1.82) is 0 Å². The second-order valence-electron chi connectivity index (χ2n) is 1.95. The van der Waals surface area contributed by atoms with Gasteiger partial charge in [0.25, 0.3) is 0 Å². The van der Waals surface area contributed by atoms with Crippen LogP contribution in [0.3, 0.4) is 0 Å². The molecule has 0 aliphatic rings. The van der Waals surface area contributed by atoms with Crippen LogP contribution in [0.15, 0.2) is 18.7 Å². The molecule has 0 fully saturated rings. The minimum Gasteiger partial charge on any atom is -0.480 e. The number of ether oxygens (including phenoxy) is 1. The molecule has 1 aromatic rings. The molecule has 5 nitrogen and oxygen atoms in total. The number of hydrogen-bond donors (Lipinski definition) is 1. The van der Waals surface area contributed by atoms with Gasteiger partial charge < -0.3 is 14.4 Å². The number of nitrogens with zero attached hydrogens (tertiary/aromatic N) is 2. The first kappa shape index (κ1) is 7.74. The number of carboxylic acid groups (broad SMARTS) is 1. The van der Waals surface area contributed by atoms with Crippen molar-refractivity contribution in [3.63, 3.8) is 0 Å². The predicted octanol–water partition coefficient (Wildman–Crippen LogP) is -0.0582. The summed E-state index contributed by atoms with van der Waals surface area (Å²) < 4.78 is 6.40. The van der Waals surface area contributed by atoms with Crippen molar-refractivity contribution in [3.05, 3.63) is 18.7 Å². The Bertz CT molecular complexity index is 220. The van der Waals surface area contributed by atoms with Crippen molar-refractivity contribution in [2.75, 3.05) is 6.61 Å². The molecule has 60 valence electrons. The fraction of sp³-hybridized carbons (Fsp3) is 0.333. The van der Waals surface area contributed by atoms with Crippen molar-refractivity contribution in [2.24, 2.45) is 0 Å². The Balaban J connectivity index is 2.19. The van der Waals surface area contributed by atoms with E-state index in [0.717, 1.165) is 0 Å². The van der Waals surface area contributed by atoms with Gasteiger partial charge in [-0.2, -0.15) is 0 Å². The van der Waals surface area contributed by atoms with Gasteiger partial charge in [0.15, 0.2) is 0 Å². The Morgan fingerprint density at radius 3 is 3.09 bits per heavy atom. The molecule has 0 spiro atoms. The van der Waals surface area contributed by atoms with Gasteiger partial charge in [0.05, 0.1) is 6.33 Å². The van der Waals surface area contributed by atoms with Crippen molar-refractivity contribution in [2.45, 2.75) is 6.73 Å². The zero-order valence-electron chi connectivity index (χ0n) is 5.80. The first-order valence-corrected chi connectivity index (χ1v) is 3.04. The van der Waals surface area contributed by atoms with E-state index in [-0.39, 0.29) is 13.3 Å². The third-order valence-corrected chi connectivity index (χ3v) is 1.03. The Hall–Kier alpha value is -1.36. The SMILES string of the molecule is O=C(O)COCn1ccnc1. The molecule has 0 atom stereocenters. The number of hydrogen-bond acceptors (Lipinski definition) is 3. The number of imidazole rings is 1. The molecule has 0 aliphatic heterocycles. The number of carboxylic acids is 1. The van der Waals surface area contributed by atoms with Gasteiger partial charge in [-0.25, -0.2) is 9.78 Å². The highest BCUT2D eigenvalue weighted by molar-refractivity contribution is 5.67. The molecule has 0 aliphatic carbocycles. The summed E-state index contributed by atoms with van der Waals surface area (Å²) in [6.45, 7) is -0.0511. The van der Waals surface area contributed by atoms with Gasteiger partial charge >= 0.3 is 5.97 Å². The van der Waals surface area contributed by atoms with Gasteiger partial charge in [-0.1, -0.05) is 0 Å². The van der Waals surface area contributed by atoms with E-state index in [9.17, 15) is 4.79 Å². The molecule has 0 saturated carbocycles. The first-order chi connectivity index (χ1) is 5.29. The monoisotopic (exact) mass is 156 g/mol. The molecule has 0 aromatic carbocycles. The van der Waals surface area contributed by atoms with Gasteiger partial charge in [-0.15, -0.1) is 0 Å². The van der Waals surface area contributed by atoms with Crippen molar-refractivity contribution >= 4 is 5.97 Å². The summed E-state index contributed by atoms with van der Waals surface area (Å²) in [7, 11) is 0. The quantitative estimate of drug-likeness (QED) is 0.663. The van der Waals surface area contributed by atoms with Crippen LogP contribution in [0.25, 0.3) is 0 Å². The lowest BCUT2D eigenvalue weighted by Gasteiger charge is -1.99. The van der Waals surface area contributed by atoms with Crippen LogP contribution in [0.5, 0.6) is 0 Å². The number of aliphatic carboxylic acids is 1. The number of aromatic nitrogens is 2. The fourth-order valence-corrected chi connectivity index (χ4v) is 0.601. The fourth-order valence-electron chi connectivity index (χ4n) is 0.601. The maximum Gasteiger partial charge on any atom is 0.329 e. The zero-order valence-corrected chi connectivity index (χ0v) is 5.80. The molecule has 5 heteroatoms. The van der Waals surface area contributed by atoms with Gasteiger partial charge in [0.1, 0.15) is 13.3 Å². The van der Waals surface area contributed by atoms with Gasteiger partial charge in [0.2, 0.25) is 0 Å². The molecule has 0 bridgehead atoms. The summed E-state index contributed by atoms with van der Waals surface area (Å²) >= 11 is 0. The molecule has 0 amide bonds.